The van der Waals surface area contributed by atoms with Crippen LogP contribution < -0.4 is 0 Å². The number of epoxide rings is 1. The number of hydrogen-bond acceptors (Lipinski definition) is 9. The van der Waals surface area contributed by atoms with E-state index in [2.05, 4.69) is 34.6 Å². The molecule has 1 fully saturated rings. The van der Waals surface area contributed by atoms with Crippen LogP contribution in [-0.4, -0.2) is 80.5 Å². The van der Waals surface area contributed by atoms with E-state index < -0.39 is 44.3 Å². The molecule has 0 aromatic heterocycles. The van der Waals surface area contributed by atoms with Crippen molar-refractivity contribution in [1.82, 2.24) is 0 Å². The van der Waals surface area contributed by atoms with Gasteiger partial charge in [0.2, 0.25) is 0 Å². The van der Waals surface area contributed by atoms with Gasteiger partial charge in [-0.05, 0) is 62.9 Å². The summed E-state index contributed by atoms with van der Waals surface area (Å²) in [5, 5.41) is 11.5. The fraction of sp³-hybridized carbons (Fsp3) is 0.757. The van der Waals surface area contributed by atoms with Crippen molar-refractivity contribution in [1.29, 1.82) is 0 Å². The van der Waals surface area contributed by atoms with Crippen molar-refractivity contribution in [2.75, 3.05) is 7.11 Å². The van der Waals surface area contributed by atoms with E-state index in [4.69, 9.17) is 23.4 Å². The van der Waals surface area contributed by atoms with Crippen molar-refractivity contribution < 1.29 is 42.9 Å². The van der Waals surface area contributed by atoms with Gasteiger partial charge in [-0.2, -0.15) is 0 Å². The molecular formula is C37H62O9Si. The van der Waals surface area contributed by atoms with Crippen LogP contribution in [0, 0.1) is 17.8 Å². The van der Waals surface area contributed by atoms with Crippen LogP contribution in [0.3, 0.4) is 0 Å². The Morgan fingerprint density at radius 3 is 2.30 bits per heavy atom. The summed E-state index contributed by atoms with van der Waals surface area (Å²) in [4.78, 5) is 38.6. The molecule has 0 amide bonds. The summed E-state index contributed by atoms with van der Waals surface area (Å²) in [7, 11) is -0.395. The highest BCUT2D eigenvalue weighted by Gasteiger charge is 2.50. The van der Waals surface area contributed by atoms with Gasteiger partial charge >= 0.3 is 11.9 Å². The van der Waals surface area contributed by atoms with Gasteiger partial charge in [0.1, 0.15) is 23.9 Å². The highest BCUT2D eigenvalue weighted by Crippen LogP contribution is 2.36. The number of ketones is 1. The van der Waals surface area contributed by atoms with Crippen molar-refractivity contribution in [3.8, 4) is 0 Å². The molecule has 2 aliphatic heterocycles. The van der Waals surface area contributed by atoms with Crippen LogP contribution in [0.5, 0.6) is 0 Å². The maximum atomic E-state index is 13.5. The molecule has 10 heteroatoms. The van der Waals surface area contributed by atoms with Crippen molar-refractivity contribution >= 4 is 26.0 Å². The van der Waals surface area contributed by atoms with Crippen LogP contribution in [0.25, 0.3) is 0 Å². The molecule has 10 atom stereocenters. The molecule has 0 spiro atoms. The van der Waals surface area contributed by atoms with Crippen LogP contribution in [0.2, 0.25) is 18.1 Å². The van der Waals surface area contributed by atoms with Crippen LogP contribution in [0.1, 0.15) is 94.9 Å². The highest BCUT2D eigenvalue weighted by molar-refractivity contribution is 6.73. The number of carbonyl (C=O) groups is 3. The smallest absolute Gasteiger partial charge is 0.308 e. The molecule has 47 heavy (non-hydrogen) atoms. The van der Waals surface area contributed by atoms with Gasteiger partial charge < -0.3 is 28.5 Å². The standard InChI is InChI=1S/C37H62O9Si/c1-12-30(42-11)27(8)35-36(45-35)33(40)24(5)17-16-18-25(6)34-26(7)19-20-31(43-28(9)38)37(10,41)22-21-29(23-32(39)44-34)46-47(13-2,14-3)15-4/h16-20,24,26-27,29-31,34-36,41H,12-15,21-23H2,1-11H3/b17-16+,20-19+,25-18+. The molecule has 0 aromatic carbocycles. The third-order valence-corrected chi connectivity index (χ3v) is 14.9. The first-order valence-electron chi connectivity index (χ1n) is 17.6. The molecule has 1 N–H and O–H groups in total. The predicted octanol–water partition coefficient (Wildman–Crippen LogP) is 6.88. The fourth-order valence-electron chi connectivity index (χ4n) is 6.61. The minimum Gasteiger partial charge on any atom is -0.457 e. The van der Waals surface area contributed by atoms with E-state index in [9.17, 15) is 19.5 Å². The molecule has 0 saturated carbocycles. The normalized spacial score (nSPS) is 32.0. The monoisotopic (exact) mass is 678 g/mol. The van der Waals surface area contributed by atoms with Crippen molar-refractivity contribution in [3.63, 3.8) is 0 Å². The molecule has 2 rings (SSSR count). The zero-order valence-electron chi connectivity index (χ0n) is 30.7. The Labute approximate surface area is 284 Å². The molecule has 0 aliphatic carbocycles. The quantitative estimate of drug-likeness (QED) is 0.0649. The molecule has 0 radical (unpaired) electrons. The lowest BCUT2D eigenvalue weighted by atomic mass is 9.88. The fourth-order valence-corrected chi connectivity index (χ4v) is 9.52. The summed E-state index contributed by atoms with van der Waals surface area (Å²) in [5.41, 5.74) is -0.577. The van der Waals surface area contributed by atoms with E-state index in [1.165, 1.54) is 6.92 Å². The Balaban J connectivity index is 2.32. The third kappa shape index (κ3) is 11.8. The summed E-state index contributed by atoms with van der Waals surface area (Å²) in [6.07, 6.45) is 8.21. The molecule has 2 aliphatic rings. The lowest BCUT2D eigenvalue weighted by Crippen LogP contribution is -2.45. The maximum absolute atomic E-state index is 13.5. The number of methoxy groups -OCH3 is 1. The topological polar surface area (TPSA) is 121 Å². The van der Waals surface area contributed by atoms with Crippen molar-refractivity contribution in [2.45, 2.75) is 155 Å². The SMILES string of the molecule is CCC(OC)C(C)C1OC1C(=O)C(C)/C=C/C=C(\C)C1OC(=O)CC(O[Si](CC)(CC)CC)CCC(C)(O)C(OC(C)=O)/C=C/C1C. The first-order valence-corrected chi connectivity index (χ1v) is 20.1. The molecule has 0 bridgehead atoms. The van der Waals surface area contributed by atoms with Gasteiger partial charge in [-0.15, -0.1) is 0 Å². The summed E-state index contributed by atoms with van der Waals surface area (Å²) in [6.45, 7) is 19.2. The summed E-state index contributed by atoms with van der Waals surface area (Å²) in [5.74, 6) is -1.36. The number of aliphatic hydroxyl groups is 1. The Kier molecular flexibility index (Phi) is 16.2. The zero-order valence-corrected chi connectivity index (χ0v) is 31.7. The molecule has 10 unspecified atom stereocenters. The first kappa shape index (κ1) is 41.1. The second-order valence-corrected chi connectivity index (χ2v) is 18.5. The molecule has 2 heterocycles. The zero-order chi connectivity index (χ0) is 35.5. The largest absolute Gasteiger partial charge is 0.457 e. The average Bonchev–Trinajstić information content (AvgIpc) is 3.83. The van der Waals surface area contributed by atoms with E-state index in [1.807, 2.05) is 45.1 Å². The molecular weight excluding hydrogens is 616 g/mol. The number of allylic oxidation sites excluding steroid dienone is 3. The summed E-state index contributed by atoms with van der Waals surface area (Å²) in [6, 6.07) is 2.78. The van der Waals surface area contributed by atoms with Crippen molar-refractivity contribution in [3.05, 3.63) is 36.0 Å². The first-order chi connectivity index (χ1) is 22.1. The number of hydrogen-bond donors (Lipinski definition) is 1. The van der Waals surface area contributed by atoms with Crippen LogP contribution in [0.4, 0.5) is 0 Å². The third-order valence-electron chi connectivity index (χ3n) is 10.2. The minimum atomic E-state index is -2.08. The van der Waals surface area contributed by atoms with E-state index in [1.54, 1.807) is 20.1 Å². The number of Topliss-reactive ketones (excluding diaryl/α,β-unsaturated/α-hetero) is 1. The number of cyclic esters (lactones) is 1. The Morgan fingerprint density at radius 2 is 1.74 bits per heavy atom. The highest BCUT2D eigenvalue weighted by atomic mass is 28.4. The van der Waals surface area contributed by atoms with Gasteiger partial charge in [0.25, 0.3) is 0 Å². The molecule has 1 saturated heterocycles. The Morgan fingerprint density at radius 1 is 1.11 bits per heavy atom. The number of rotatable bonds is 15. The average molecular weight is 679 g/mol. The van der Waals surface area contributed by atoms with Gasteiger partial charge in [0, 0.05) is 31.8 Å². The van der Waals surface area contributed by atoms with E-state index in [0.717, 1.165) is 30.1 Å². The van der Waals surface area contributed by atoms with Gasteiger partial charge in [-0.1, -0.05) is 72.8 Å². The Bertz CT molecular complexity index is 1110. The van der Waals surface area contributed by atoms with Crippen molar-refractivity contribution in [2.24, 2.45) is 17.8 Å². The van der Waals surface area contributed by atoms with E-state index >= 15 is 0 Å². The lowest BCUT2D eigenvalue weighted by Gasteiger charge is -2.36. The number of ether oxygens (including phenoxy) is 4. The number of esters is 2. The minimum absolute atomic E-state index is 0.0318. The van der Waals surface area contributed by atoms with Gasteiger partial charge in [-0.25, -0.2) is 0 Å². The molecule has 9 nitrogen and oxygen atoms in total. The summed E-state index contributed by atoms with van der Waals surface area (Å²) < 4.78 is 29.7. The van der Waals surface area contributed by atoms with Gasteiger partial charge in [-0.3, -0.25) is 14.4 Å². The maximum Gasteiger partial charge on any atom is 0.308 e. The summed E-state index contributed by atoms with van der Waals surface area (Å²) >= 11 is 0. The Hall–Kier alpha value is -2.11. The molecule has 268 valence electrons. The lowest BCUT2D eigenvalue weighted by molar-refractivity contribution is -0.157. The van der Waals surface area contributed by atoms with Crippen LogP contribution in [-0.2, 0) is 37.8 Å². The second-order valence-electron chi connectivity index (χ2n) is 13.8. The molecule has 0 aromatic rings. The van der Waals surface area contributed by atoms with Gasteiger partial charge in [0.15, 0.2) is 14.1 Å². The van der Waals surface area contributed by atoms with E-state index in [0.29, 0.717) is 6.42 Å². The van der Waals surface area contributed by atoms with Gasteiger partial charge in [0.05, 0.1) is 24.7 Å². The van der Waals surface area contributed by atoms with E-state index in [-0.39, 0.29) is 54.6 Å². The second kappa shape index (κ2) is 18.6. The van der Waals surface area contributed by atoms with Crippen LogP contribution >= 0.6 is 0 Å². The van der Waals surface area contributed by atoms with Crippen LogP contribution in [0.15, 0.2) is 36.0 Å². The number of carbonyl (C=O) groups excluding carboxylic acids is 3. The predicted molar refractivity (Wildman–Crippen MR) is 186 cm³/mol.